The monoisotopic (exact) mass is 210 g/mol. The van der Waals surface area contributed by atoms with Gasteiger partial charge in [0.1, 0.15) is 0 Å². The SMILES string of the molecule is NCCCCCCCNCc1ccoc1. The van der Waals surface area contributed by atoms with Crippen molar-refractivity contribution in [2.45, 2.75) is 38.6 Å². The van der Waals surface area contributed by atoms with Crippen LogP contribution in [-0.2, 0) is 6.54 Å². The standard InChI is InChI=1S/C12H22N2O/c13-7-4-2-1-3-5-8-14-10-12-6-9-15-11-12/h6,9,11,14H,1-5,7-8,10,13H2. The highest BCUT2D eigenvalue weighted by Gasteiger charge is 1.93. The molecule has 0 aliphatic carbocycles. The Kier molecular flexibility index (Phi) is 6.96. The molecule has 0 aromatic carbocycles. The molecule has 1 aromatic rings. The summed E-state index contributed by atoms with van der Waals surface area (Å²) in [5, 5.41) is 3.39. The zero-order valence-corrected chi connectivity index (χ0v) is 9.37. The molecule has 0 amide bonds. The van der Waals surface area contributed by atoms with Gasteiger partial charge >= 0.3 is 0 Å². The molecular formula is C12H22N2O. The van der Waals surface area contributed by atoms with Gasteiger partial charge < -0.3 is 15.5 Å². The van der Waals surface area contributed by atoms with Crippen molar-refractivity contribution in [1.82, 2.24) is 5.32 Å². The quantitative estimate of drug-likeness (QED) is 0.615. The van der Waals surface area contributed by atoms with E-state index < -0.39 is 0 Å². The lowest BCUT2D eigenvalue weighted by atomic mass is 10.1. The van der Waals surface area contributed by atoms with Crippen LogP contribution in [0.15, 0.2) is 23.0 Å². The average molecular weight is 210 g/mol. The van der Waals surface area contributed by atoms with Crippen LogP contribution in [0.5, 0.6) is 0 Å². The van der Waals surface area contributed by atoms with Crippen molar-refractivity contribution in [2.24, 2.45) is 5.73 Å². The minimum absolute atomic E-state index is 0.832. The first-order valence-corrected chi connectivity index (χ1v) is 5.85. The van der Waals surface area contributed by atoms with E-state index in [9.17, 15) is 0 Å². The van der Waals surface area contributed by atoms with Gasteiger partial charge in [-0.25, -0.2) is 0 Å². The molecule has 0 unspecified atom stereocenters. The van der Waals surface area contributed by atoms with Crippen molar-refractivity contribution in [2.75, 3.05) is 13.1 Å². The predicted molar refractivity (Wildman–Crippen MR) is 62.6 cm³/mol. The zero-order chi connectivity index (χ0) is 10.8. The largest absolute Gasteiger partial charge is 0.472 e. The van der Waals surface area contributed by atoms with E-state index in [4.69, 9.17) is 10.2 Å². The van der Waals surface area contributed by atoms with E-state index >= 15 is 0 Å². The lowest BCUT2D eigenvalue weighted by Crippen LogP contribution is -2.14. The Morgan fingerprint density at radius 2 is 1.93 bits per heavy atom. The highest BCUT2D eigenvalue weighted by atomic mass is 16.3. The third-order valence-corrected chi connectivity index (χ3v) is 2.47. The van der Waals surface area contributed by atoms with Crippen molar-refractivity contribution < 1.29 is 4.42 Å². The summed E-state index contributed by atoms with van der Waals surface area (Å²) >= 11 is 0. The Bertz CT molecular complexity index is 222. The fraction of sp³-hybridized carbons (Fsp3) is 0.667. The molecule has 0 spiro atoms. The van der Waals surface area contributed by atoms with Crippen molar-refractivity contribution >= 4 is 0 Å². The normalized spacial score (nSPS) is 10.7. The van der Waals surface area contributed by atoms with Gasteiger partial charge in [-0.05, 0) is 32.0 Å². The average Bonchev–Trinajstić information content (AvgIpc) is 2.75. The van der Waals surface area contributed by atoms with Gasteiger partial charge in [0.2, 0.25) is 0 Å². The first-order valence-electron chi connectivity index (χ1n) is 5.85. The molecule has 0 aliphatic heterocycles. The molecule has 0 radical (unpaired) electrons. The zero-order valence-electron chi connectivity index (χ0n) is 9.37. The summed E-state index contributed by atoms with van der Waals surface area (Å²) in [7, 11) is 0. The summed E-state index contributed by atoms with van der Waals surface area (Å²) < 4.78 is 4.99. The molecule has 0 aliphatic rings. The summed E-state index contributed by atoms with van der Waals surface area (Å²) in [6.45, 7) is 2.84. The fourth-order valence-electron chi connectivity index (χ4n) is 1.55. The molecule has 0 saturated carbocycles. The third-order valence-electron chi connectivity index (χ3n) is 2.47. The van der Waals surface area contributed by atoms with Crippen molar-refractivity contribution in [3.63, 3.8) is 0 Å². The van der Waals surface area contributed by atoms with Crippen LogP contribution in [0.3, 0.4) is 0 Å². The Morgan fingerprint density at radius 1 is 1.13 bits per heavy atom. The Labute approximate surface area is 92.0 Å². The first-order chi connectivity index (χ1) is 7.43. The van der Waals surface area contributed by atoms with E-state index in [1.165, 1.54) is 37.7 Å². The van der Waals surface area contributed by atoms with Crippen molar-refractivity contribution in [3.8, 4) is 0 Å². The molecular weight excluding hydrogens is 188 g/mol. The van der Waals surface area contributed by atoms with Crippen LogP contribution in [0.1, 0.15) is 37.7 Å². The minimum Gasteiger partial charge on any atom is -0.472 e. The molecule has 3 N–H and O–H groups in total. The highest BCUT2D eigenvalue weighted by Crippen LogP contribution is 2.02. The summed E-state index contributed by atoms with van der Waals surface area (Å²) in [4.78, 5) is 0. The summed E-state index contributed by atoms with van der Waals surface area (Å²) in [5.74, 6) is 0. The van der Waals surface area contributed by atoms with Crippen LogP contribution in [0, 0.1) is 0 Å². The maximum atomic E-state index is 5.42. The smallest absolute Gasteiger partial charge is 0.0947 e. The van der Waals surface area contributed by atoms with Gasteiger partial charge in [-0.1, -0.05) is 19.3 Å². The topological polar surface area (TPSA) is 51.2 Å². The van der Waals surface area contributed by atoms with Crippen LogP contribution in [0.2, 0.25) is 0 Å². The van der Waals surface area contributed by atoms with E-state index in [0.29, 0.717) is 0 Å². The van der Waals surface area contributed by atoms with Gasteiger partial charge in [0.25, 0.3) is 0 Å². The second kappa shape index (κ2) is 8.50. The molecule has 3 nitrogen and oxygen atoms in total. The summed E-state index contributed by atoms with van der Waals surface area (Å²) in [5.41, 5.74) is 6.64. The second-order valence-corrected chi connectivity index (χ2v) is 3.86. The molecule has 86 valence electrons. The number of hydrogen-bond donors (Lipinski definition) is 2. The van der Waals surface area contributed by atoms with Crippen LogP contribution in [-0.4, -0.2) is 13.1 Å². The second-order valence-electron chi connectivity index (χ2n) is 3.86. The molecule has 0 atom stereocenters. The van der Waals surface area contributed by atoms with Crippen LogP contribution < -0.4 is 11.1 Å². The molecule has 0 saturated heterocycles. The summed E-state index contributed by atoms with van der Waals surface area (Å²) in [6, 6.07) is 1.99. The van der Waals surface area contributed by atoms with E-state index in [1.54, 1.807) is 12.5 Å². The lowest BCUT2D eigenvalue weighted by molar-refractivity contribution is 0.554. The molecule has 1 rings (SSSR count). The highest BCUT2D eigenvalue weighted by molar-refractivity contribution is 5.04. The van der Waals surface area contributed by atoms with Gasteiger partial charge in [0.15, 0.2) is 0 Å². The maximum absolute atomic E-state index is 5.42. The molecule has 15 heavy (non-hydrogen) atoms. The lowest BCUT2D eigenvalue weighted by Gasteiger charge is -2.02. The molecule has 0 bridgehead atoms. The van der Waals surface area contributed by atoms with Gasteiger partial charge in [0.05, 0.1) is 12.5 Å². The first kappa shape index (κ1) is 12.3. The maximum Gasteiger partial charge on any atom is 0.0947 e. The van der Waals surface area contributed by atoms with Gasteiger partial charge in [0, 0.05) is 12.1 Å². The number of nitrogens with one attached hydrogen (secondary N) is 1. The van der Waals surface area contributed by atoms with E-state index in [0.717, 1.165) is 19.6 Å². The van der Waals surface area contributed by atoms with E-state index in [2.05, 4.69) is 5.32 Å². The number of hydrogen-bond acceptors (Lipinski definition) is 3. The third kappa shape index (κ3) is 6.31. The molecule has 0 fully saturated rings. The van der Waals surface area contributed by atoms with Gasteiger partial charge in [-0.2, -0.15) is 0 Å². The van der Waals surface area contributed by atoms with Crippen LogP contribution in [0.25, 0.3) is 0 Å². The van der Waals surface area contributed by atoms with Gasteiger partial charge in [-0.3, -0.25) is 0 Å². The van der Waals surface area contributed by atoms with Crippen LogP contribution >= 0.6 is 0 Å². The Balaban J connectivity index is 1.81. The Hall–Kier alpha value is -0.800. The van der Waals surface area contributed by atoms with Crippen molar-refractivity contribution in [3.05, 3.63) is 24.2 Å². The number of rotatable bonds is 9. The minimum atomic E-state index is 0.832. The number of nitrogens with two attached hydrogens (primary N) is 1. The summed E-state index contributed by atoms with van der Waals surface area (Å²) in [6.07, 6.45) is 9.81. The van der Waals surface area contributed by atoms with E-state index in [-0.39, 0.29) is 0 Å². The predicted octanol–water partition coefficient (Wildman–Crippen LogP) is 2.28. The fourth-order valence-corrected chi connectivity index (χ4v) is 1.55. The number of unbranched alkanes of at least 4 members (excludes halogenated alkanes) is 4. The Morgan fingerprint density at radius 3 is 2.67 bits per heavy atom. The molecule has 1 aromatic heterocycles. The van der Waals surface area contributed by atoms with E-state index in [1.807, 2.05) is 6.07 Å². The molecule has 3 heteroatoms. The van der Waals surface area contributed by atoms with Crippen molar-refractivity contribution in [1.29, 1.82) is 0 Å². The molecule has 1 heterocycles. The van der Waals surface area contributed by atoms with Gasteiger partial charge in [-0.15, -0.1) is 0 Å². The van der Waals surface area contributed by atoms with Crippen LogP contribution in [0.4, 0.5) is 0 Å². The number of furan rings is 1.